The molecular formula is C15H15N3O3. The molecule has 3 heterocycles. The minimum Gasteiger partial charge on any atom is -0.454 e. The van der Waals surface area contributed by atoms with E-state index in [9.17, 15) is 4.79 Å². The number of hydrogen-bond donors (Lipinski definition) is 2. The maximum atomic E-state index is 11.9. The van der Waals surface area contributed by atoms with Crippen LogP contribution in [0, 0.1) is 0 Å². The Morgan fingerprint density at radius 1 is 1.29 bits per heavy atom. The number of carbonyl (C=O) groups is 1. The molecule has 1 aromatic heterocycles. The van der Waals surface area contributed by atoms with Gasteiger partial charge in [-0.1, -0.05) is 0 Å². The summed E-state index contributed by atoms with van der Waals surface area (Å²) in [4.78, 5) is 16.2. The van der Waals surface area contributed by atoms with Crippen molar-refractivity contribution in [1.29, 1.82) is 0 Å². The largest absolute Gasteiger partial charge is 0.454 e. The Hall–Kier alpha value is -2.50. The van der Waals surface area contributed by atoms with E-state index < -0.39 is 0 Å². The highest BCUT2D eigenvalue weighted by Gasteiger charge is 2.23. The summed E-state index contributed by atoms with van der Waals surface area (Å²) < 4.78 is 10.8. The molecule has 1 aromatic carbocycles. The number of rotatable bonds is 2. The molecule has 0 radical (unpaired) electrons. The Morgan fingerprint density at radius 2 is 2.14 bits per heavy atom. The Balaban J connectivity index is 1.73. The molecule has 2 aliphatic rings. The Labute approximate surface area is 121 Å². The third-order valence-corrected chi connectivity index (χ3v) is 3.85. The number of fused-ring (bicyclic) bond motifs is 2. The monoisotopic (exact) mass is 285 g/mol. The van der Waals surface area contributed by atoms with E-state index >= 15 is 0 Å². The molecule has 2 N–H and O–H groups in total. The standard InChI is InChI=1S/C15H15N3O3/c19-15-11(2-1-4-17-15)18-14-10-7-13-12(20-8-21-13)6-9(10)3-5-16-14/h3,5-7,11H,1-2,4,8H2,(H,16,18)(H,17,19). The van der Waals surface area contributed by atoms with Crippen molar-refractivity contribution in [2.75, 3.05) is 18.7 Å². The van der Waals surface area contributed by atoms with E-state index in [4.69, 9.17) is 9.47 Å². The van der Waals surface area contributed by atoms with Gasteiger partial charge in [0, 0.05) is 18.1 Å². The number of aromatic nitrogens is 1. The number of ether oxygens (including phenoxy) is 2. The Bertz CT molecular complexity index is 717. The lowest BCUT2D eigenvalue weighted by Gasteiger charge is -2.23. The summed E-state index contributed by atoms with van der Waals surface area (Å²) >= 11 is 0. The molecule has 1 amide bonds. The fraction of sp³-hybridized carbons (Fsp3) is 0.333. The molecular weight excluding hydrogens is 270 g/mol. The molecule has 2 aliphatic heterocycles. The lowest BCUT2D eigenvalue weighted by atomic mass is 10.1. The quantitative estimate of drug-likeness (QED) is 0.878. The molecule has 1 unspecified atom stereocenters. The van der Waals surface area contributed by atoms with Gasteiger partial charge < -0.3 is 20.1 Å². The van der Waals surface area contributed by atoms with Crippen molar-refractivity contribution >= 4 is 22.5 Å². The van der Waals surface area contributed by atoms with Crippen LogP contribution in [0.15, 0.2) is 24.4 Å². The summed E-state index contributed by atoms with van der Waals surface area (Å²) in [5.41, 5.74) is 0. The van der Waals surface area contributed by atoms with Crippen LogP contribution in [0.1, 0.15) is 12.8 Å². The Morgan fingerprint density at radius 3 is 3.00 bits per heavy atom. The number of carbonyl (C=O) groups excluding carboxylic acids is 1. The molecule has 1 atom stereocenters. The van der Waals surface area contributed by atoms with Gasteiger partial charge in [-0.3, -0.25) is 4.79 Å². The van der Waals surface area contributed by atoms with Gasteiger partial charge in [-0.15, -0.1) is 0 Å². The number of benzene rings is 1. The van der Waals surface area contributed by atoms with Gasteiger partial charge in [0.15, 0.2) is 11.5 Å². The van der Waals surface area contributed by atoms with Gasteiger partial charge in [-0.25, -0.2) is 4.98 Å². The highest BCUT2D eigenvalue weighted by atomic mass is 16.7. The third kappa shape index (κ3) is 2.12. The van der Waals surface area contributed by atoms with Crippen molar-refractivity contribution < 1.29 is 14.3 Å². The van der Waals surface area contributed by atoms with Crippen LogP contribution in [0.5, 0.6) is 11.5 Å². The maximum absolute atomic E-state index is 11.9. The third-order valence-electron chi connectivity index (χ3n) is 3.85. The van der Waals surface area contributed by atoms with E-state index in [-0.39, 0.29) is 18.7 Å². The van der Waals surface area contributed by atoms with Crippen LogP contribution in [0.2, 0.25) is 0 Å². The second-order valence-corrected chi connectivity index (χ2v) is 5.22. The van der Waals surface area contributed by atoms with E-state index in [0.29, 0.717) is 11.6 Å². The molecule has 6 heteroatoms. The molecule has 2 aromatic rings. The van der Waals surface area contributed by atoms with Gasteiger partial charge in [0.05, 0.1) is 0 Å². The van der Waals surface area contributed by atoms with Gasteiger partial charge in [0.1, 0.15) is 11.9 Å². The molecule has 0 bridgehead atoms. The summed E-state index contributed by atoms with van der Waals surface area (Å²) in [6, 6.07) is 5.53. The molecule has 4 rings (SSSR count). The number of hydrogen-bond acceptors (Lipinski definition) is 5. The van der Waals surface area contributed by atoms with Crippen LogP contribution in [0.3, 0.4) is 0 Å². The fourth-order valence-electron chi connectivity index (χ4n) is 2.75. The van der Waals surface area contributed by atoms with Crippen LogP contribution >= 0.6 is 0 Å². The number of nitrogens with zero attached hydrogens (tertiary/aromatic N) is 1. The van der Waals surface area contributed by atoms with Crippen LogP contribution in [0.25, 0.3) is 10.8 Å². The van der Waals surface area contributed by atoms with Crippen molar-refractivity contribution in [3.63, 3.8) is 0 Å². The zero-order valence-corrected chi connectivity index (χ0v) is 11.4. The zero-order chi connectivity index (χ0) is 14.2. The van der Waals surface area contributed by atoms with Crippen molar-refractivity contribution in [3.05, 3.63) is 24.4 Å². The SMILES string of the molecule is O=C1NCCCC1Nc1nccc2cc3c(cc12)OCO3. The summed E-state index contributed by atoms with van der Waals surface area (Å²) in [5.74, 6) is 2.19. The number of pyridine rings is 1. The van der Waals surface area contributed by atoms with E-state index in [0.717, 1.165) is 35.9 Å². The van der Waals surface area contributed by atoms with Crippen molar-refractivity contribution in [3.8, 4) is 11.5 Å². The van der Waals surface area contributed by atoms with Crippen LogP contribution < -0.4 is 20.1 Å². The first kappa shape index (κ1) is 12.3. The zero-order valence-electron chi connectivity index (χ0n) is 11.4. The number of nitrogens with one attached hydrogen (secondary N) is 2. The average Bonchev–Trinajstić information content (AvgIpc) is 2.95. The topological polar surface area (TPSA) is 72.5 Å². The van der Waals surface area contributed by atoms with Gasteiger partial charge >= 0.3 is 0 Å². The van der Waals surface area contributed by atoms with E-state index in [1.54, 1.807) is 6.20 Å². The summed E-state index contributed by atoms with van der Waals surface area (Å²) in [5, 5.41) is 8.05. The van der Waals surface area contributed by atoms with E-state index in [1.807, 2.05) is 18.2 Å². The predicted octanol–water partition coefficient (Wildman–Crippen LogP) is 1.65. The van der Waals surface area contributed by atoms with Gasteiger partial charge in [0.2, 0.25) is 12.7 Å². The first-order chi connectivity index (χ1) is 10.3. The molecule has 1 saturated heterocycles. The van der Waals surface area contributed by atoms with Crippen LogP contribution in [-0.4, -0.2) is 30.3 Å². The van der Waals surface area contributed by atoms with Crippen molar-refractivity contribution in [2.45, 2.75) is 18.9 Å². The molecule has 1 fully saturated rings. The number of piperidine rings is 1. The average molecular weight is 285 g/mol. The first-order valence-corrected chi connectivity index (χ1v) is 7.04. The minimum absolute atomic E-state index is 0.0285. The molecule has 0 aliphatic carbocycles. The van der Waals surface area contributed by atoms with Crippen LogP contribution in [0.4, 0.5) is 5.82 Å². The predicted molar refractivity (Wildman–Crippen MR) is 77.5 cm³/mol. The second-order valence-electron chi connectivity index (χ2n) is 5.22. The molecule has 0 saturated carbocycles. The van der Waals surface area contributed by atoms with E-state index in [2.05, 4.69) is 15.6 Å². The molecule has 6 nitrogen and oxygen atoms in total. The maximum Gasteiger partial charge on any atom is 0.242 e. The normalized spacial score (nSPS) is 20.4. The lowest BCUT2D eigenvalue weighted by molar-refractivity contribution is -0.123. The lowest BCUT2D eigenvalue weighted by Crippen LogP contribution is -2.44. The van der Waals surface area contributed by atoms with Gasteiger partial charge in [0.25, 0.3) is 0 Å². The van der Waals surface area contributed by atoms with Crippen LogP contribution in [-0.2, 0) is 4.79 Å². The van der Waals surface area contributed by atoms with Gasteiger partial charge in [-0.05, 0) is 36.4 Å². The number of anilines is 1. The van der Waals surface area contributed by atoms with Crippen molar-refractivity contribution in [2.24, 2.45) is 0 Å². The van der Waals surface area contributed by atoms with Crippen molar-refractivity contribution in [1.82, 2.24) is 10.3 Å². The second kappa shape index (κ2) is 4.80. The highest BCUT2D eigenvalue weighted by molar-refractivity contribution is 5.96. The highest BCUT2D eigenvalue weighted by Crippen LogP contribution is 2.37. The summed E-state index contributed by atoms with van der Waals surface area (Å²) in [6.07, 6.45) is 3.52. The smallest absolute Gasteiger partial charge is 0.242 e. The first-order valence-electron chi connectivity index (χ1n) is 7.04. The Kier molecular flexibility index (Phi) is 2.80. The summed E-state index contributed by atoms with van der Waals surface area (Å²) in [6.45, 7) is 0.992. The van der Waals surface area contributed by atoms with Gasteiger partial charge in [-0.2, -0.15) is 0 Å². The van der Waals surface area contributed by atoms with E-state index in [1.165, 1.54) is 0 Å². The number of amides is 1. The fourth-order valence-corrected chi connectivity index (χ4v) is 2.75. The molecule has 108 valence electrons. The minimum atomic E-state index is -0.234. The molecule has 21 heavy (non-hydrogen) atoms. The summed E-state index contributed by atoms with van der Waals surface area (Å²) in [7, 11) is 0. The molecule has 0 spiro atoms.